The summed E-state index contributed by atoms with van der Waals surface area (Å²) in [7, 11) is 3.88. The average molecular weight is 352 g/mol. The smallest absolute Gasteiger partial charge is 0.349 e. The van der Waals surface area contributed by atoms with Crippen LogP contribution in [0, 0.1) is 0 Å². The van der Waals surface area contributed by atoms with Gasteiger partial charge in [0.2, 0.25) is 0 Å². The molecule has 0 radical (unpaired) electrons. The minimum absolute atomic E-state index is 0.400. The van der Waals surface area contributed by atoms with Crippen molar-refractivity contribution >= 4 is 22.8 Å². The lowest BCUT2D eigenvalue weighted by atomic mass is 10.2. The fraction of sp³-hybridized carbons (Fsp3) is 0.211. The minimum atomic E-state index is -0.590. The fourth-order valence-corrected chi connectivity index (χ4v) is 2.57. The Morgan fingerprint density at radius 1 is 1.19 bits per heavy atom. The van der Waals surface area contributed by atoms with Crippen LogP contribution in [-0.4, -0.2) is 36.6 Å². The monoisotopic (exact) mass is 352 g/mol. The molecular weight excluding hydrogens is 332 g/mol. The van der Waals surface area contributed by atoms with Crippen LogP contribution >= 0.6 is 0 Å². The van der Waals surface area contributed by atoms with E-state index in [1.165, 1.54) is 6.21 Å². The van der Waals surface area contributed by atoms with Gasteiger partial charge in [-0.15, -0.1) is 4.68 Å². The van der Waals surface area contributed by atoms with Crippen molar-refractivity contribution in [3.63, 3.8) is 0 Å². The van der Waals surface area contributed by atoms with Gasteiger partial charge in [-0.05, 0) is 31.2 Å². The van der Waals surface area contributed by atoms with Crippen molar-refractivity contribution in [2.75, 3.05) is 25.6 Å². The fourth-order valence-electron chi connectivity index (χ4n) is 2.57. The van der Waals surface area contributed by atoms with Crippen molar-refractivity contribution in [3.8, 4) is 5.75 Å². The van der Waals surface area contributed by atoms with Gasteiger partial charge in [-0.3, -0.25) is 4.79 Å². The Labute approximate surface area is 150 Å². The van der Waals surface area contributed by atoms with Gasteiger partial charge in [0, 0.05) is 31.4 Å². The van der Waals surface area contributed by atoms with Crippen LogP contribution in [0.2, 0.25) is 0 Å². The zero-order chi connectivity index (χ0) is 18.7. The standard InChI is InChI=1S/C19H20N4O3/c1-4-26-17-11-14(22(2)3)10-9-13(17)12-20-23-18(24)15-7-5-6-8-16(15)21-19(23)25/h5-12H,4H2,1-3H3,(H,21,25). The molecule has 2 aromatic carbocycles. The zero-order valence-corrected chi connectivity index (χ0v) is 14.9. The first-order valence-electron chi connectivity index (χ1n) is 8.24. The molecule has 26 heavy (non-hydrogen) atoms. The van der Waals surface area contributed by atoms with Gasteiger partial charge in [0.25, 0.3) is 5.56 Å². The van der Waals surface area contributed by atoms with Crippen molar-refractivity contribution in [2.45, 2.75) is 6.92 Å². The number of nitrogens with one attached hydrogen (secondary N) is 1. The van der Waals surface area contributed by atoms with Crippen LogP contribution < -0.4 is 20.9 Å². The van der Waals surface area contributed by atoms with Crippen molar-refractivity contribution < 1.29 is 4.74 Å². The summed E-state index contributed by atoms with van der Waals surface area (Å²) in [5, 5.41) is 4.49. The number of aromatic amines is 1. The molecule has 1 aromatic heterocycles. The molecule has 0 saturated heterocycles. The third-order valence-electron chi connectivity index (χ3n) is 3.91. The molecule has 0 aliphatic rings. The molecule has 0 bridgehead atoms. The second kappa shape index (κ2) is 7.26. The predicted molar refractivity (Wildman–Crippen MR) is 104 cm³/mol. The predicted octanol–water partition coefficient (Wildman–Crippen LogP) is 2.04. The molecule has 0 atom stereocenters. The first-order chi connectivity index (χ1) is 12.5. The Hall–Kier alpha value is -3.35. The number of benzene rings is 2. The highest BCUT2D eigenvalue weighted by Crippen LogP contribution is 2.23. The van der Waals surface area contributed by atoms with E-state index in [1.54, 1.807) is 24.3 Å². The van der Waals surface area contributed by atoms with Crippen molar-refractivity contribution in [3.05, 3.63) is 68.9 Å². The van der Waals surface area contributed by atoms with Crippen molar-refractivity contribution in [1.82, 2.24) is 9.66 Å². The lowest BCUT2D eigenvalue weighted by molar-refractivity contribution is 0.340. The summed E-state index contributed by atoms with van der Waals surface area (Å²) in [6, 6.07) is 12.5. The highest BCUT2D eigenvalue weighted by molar-refractivity contribution is 5.85. The summed E-state index contributed by atoms with van der Waals surface area (Å²) in [5.74, 6) is 0.632. The highest BCUT2D eigenvalue weighted by atomic mass is 16.5. The van der Waals surface area contributed by atoms with Crippen LogP contribution in [0.1, 0.15) is 12.5 Å². The molecule has 3 aromatic rings. The van der Waals surface area contributed by atoms with E-state index in [2.05, 4.69) is 10.1 Å². The Kier molecular flexibility index (Phi) is 4.88. The van der Waals surface area contributed by atoms with Gasteiger partial charge < -0.3 is 14.6 Å². The molecule has 1 heterocycles. The summed E-state index contributed by atoms with van der Waals surface area (Å²) in [6.07, 6.45) is 1.45. The number of ether oxygens (including phenoxy) is 1. The number of rotatable bonds is 5. The molecule has 3 rings (SSSR count). The molecular formula is C19H20N4O3. The molecule has 0 saturated carbocycles. The van der Waals surface area contributed by atoms with Gasteiger partial charge in [-0.25, -0.2) is 4.79 Å². The van der Waals surface area contributed by atoms with Crippen LogP contribution in [0.5, 0.6) is 5.75 Å². The van der Waals surface area contributed by atoms with Crippen LogP contribution in [0.15, 0.2) is 57.2 Å². The molecule has 0 aliphatic heterocycles. The molecule has 134 valence electrons. The van der Waals surface area contributed by atoms with E-state index in [4.69, 9.17) is 4.74 Å². The molecule has 0 unspecified atom stereocenters. The SMILES string of the molecule is CCOc1cc(N(C)C)ccc1C=Nn1c(=O)[nH]c2ccccc2c1=O. The maximum Gasteiger partial charge on any atom is 0.349 e. The summed E-state index contributed by atoms with van der Waals surface area (Å²) in [5.41, 5.74) is 1.08. The van der Waals surface area contributed by atoms with Gasteiger partial charge in [-0.1, -0.05) is 12.1 Å². The highest BCUT2D eigenvalue weighted by Gasteiger charge is 2.08. The Bertz CT molecular complexity index is 1080. The molecule has 7 nitrogen and oxygen atoms in total. The second-order valence-electron chi connectivity index (χ2n) is 5.89. The molecule has 0 amide bonds. The Morgan fingerprint density at radius 2 is 1.96 bits per heavy atom. The number of aromatic nitrogens is 2. The summed E-state index contributed by atoms with van der Waals surface area (Å²) < 4.78 is 6.47. The Morgan fingerprint density at radius 3 is 2.69 bits per heavy atom. The number of hydrogen-bond donors (Lipinski definition) is 1. The van der Waals surface area contributed by atoms with E-state index >= 15 is 0 Å². The van der Waals surface area contributed by atoms with Gasteiger partial charge in [-0.2, -0.15) is 5.10 Å². The zero-order valence-electron chi connectivity index (χ0n) is 14.9. The summed E-state index contributed by atoms with van der Waals surface area (Å²) in [4.78, 5) is 29.3. The number of fused-ring (bicyclic) bond motifs is 1. The summed E-state index contributed by atoms with van der Waals surface area (Å²) in [6.45, 7) is 2.38. The first kappa shape index (κ1) is 17.5. The van der Waals surface area contributed by atoms with E-state index in [0.29, 0.717) is 28.8 Å². The van der Waals surface area contributed by atoms with Crippen molar-refractivity contribution in [1.29, 1.82) is 0 Å². The van der Waals surface area contributed by atoms with Gasteiger partial charge in [0.1, 0.15) is 5.75 Å². The summed E-state index contributed by atoms with van der Waals surface area (Å²) >= 11 is 0. The quantitative estimate of drug-likeness (QED) is 0.713. The normalized spacial score (nSPS) is 11.2. The third-order valence-corrected chi connectivity index (χ3v) is 3.91. The van der Waals surface area contributed by atoms with Crippen LogP contribution in [0.4, 0.5) is 5.69 Å². The lowest BCUT2D eigenvalue weighted by Crippen LogP contribution is -2.32. The van der Waals surface area contributed by atoms with Crippen LogP contribution in [0.3, 0.4) is 0 Å². The van der Waals surface area contributed by atoms with E-state index in [1.807, 2.05) is 44.1 Å². The van der Waals surface area contributed by atoms with Gasteiger partial charge in [0.15, 0.2) is 0 Å². The van der Waals surface area contributed by atoms with Crippen LogP contribution in [0.25, 0.3) is 10.9 Å². The van der Waals surface area contributed by atoms with E-state index in [-0.39, 0.29) is 0 Å². The third kappa shape index (κ3) is 3.37. The molecule has 0 aliphatic carbocycles. The van der Waals surface area contributed by atoms with Crippen LogP contribution in [-0.2, 0) is 0 Å². The van der Waals surface area contributed by atoms with Gasteiger partial charge >= 0.3 is 5.69 Å². The molecule has 7 heteroatoms. The topological polar surface area (TPSA) is 79.7 Å². The molecule has 1 N–H and O–H groups in total. The maximum absolute atomic E-state index is 12.5. The number of nitrogens with zero attached hydrogens (tertiary/aromatic N) is 3. The minimum Gasteiger partial charge on any atom is -0.493 e. The molecule has 0 spiro atoms. The largest absolute Gasteiger partial charge is 0.493 e. The Balaban J connectivity index is 2.07. The number of anilines is 1. The number of hydrogen-bond acceptors (Lipinski definition) is 5. The maximum atomic E-state index is 12.5. The number of H-pyrrole nitrogens is 1. The van der Waals surface area contributed by atoms with Gasteiger partial charge in [0.05, 0.1) is 23.7 Å². The first-order valence-corrected chi connectivity index (χ1v) is 8.24. The van der Waals surface area contributed by atoms with E-state index in [0.717, 1.165) is 10.4 Å². The number of para-hydroxylation sites is 1. The lowest BCUT2D eigenvalue weighted by Gasteiger charge is -2.15. The van der Waals surface area contributed by atoms with E-state index < -0.39 is 11.2 Å². The van der Waals surface area contributed by atoms with E-state index in [9.17, 15) is 9.59 Å². The average Bonchev–Trinajstić information content (AvgIpc) is 2.62. The van der Waals surface area contributed by atoms with Crippen molar-refractivity contribution in [2.24, 2.45) is 5.10 Å². The molecule has 0 fully saturated rings. The second-order valence-corrected chi connectivity index (χ2v) is 5.89.